The summed E-state index contributed by atoms with van der Waals surface area (Å²) in [6, 6.07) is 16.1. The van der Waals surface area contributed by atoms with Gasteiger partial charge in [-0.3, -0.25) is 0 Å². The molecule has 0 saturated carbocycles. The summed E-state index contributed by atoms with van der Waals surface area (Å²) in [5, 5.41) is 29.1. The Morgan fingerprint density at radius 2 is 1.88 bits per heavy atom. The van der Waals surface area contributed by atoms with Gasteiger partial charge in [0.2, 0.25) is 0 Å². The van der Waals surface area contributed by atoms with Crippen LogP contribution in [0.3, 0.4) is 0 Å². The van der Waals surface area contributed by atoms with Gasteiger partial charge in [-0.25, -0.2) is 0 Å². The monoisotopic (exact) mass is 447 g/mol. The van der Waals surface area contributed by atoms with Crippen LogP contribution in [0.15, 0.2) is 42.5 Å². The quantitative estimate of drug-likeness (QED) is 0.689. The molecule has 0 radical (unpaired) electrons. The topological polar surface area (TPSA) is 82.7 Å². The van der Waals surface area contributed by atoms with E-state index in [0.29, 0.717) is 30.7 Å². The third kappa shape index (κ3) is 6.90. The van der Waals surface area contributed by atoms with Crippen molar-refractivity contribution in [2.75, 3.05) is 19.8 Å². The van der Waals surface area contributed by atoms with E-state index in [1.165, 1.54) is 0 Å². The molecular weight excluding hydrogens is 414 g/mol. The van der Waals surface area contributed by atoms with E-state index < -0.39 is 6.10 Å². The van der Waals surface area contributed by atoms with Gasteiger partial charge in [-0.05, 0) is 47.7 Å². The molecule has 2 saturated heterocycles. The molecule has 5 nitrogen and oxygen atoms in total. The van der Waals surface area contributed by atoms with Gasteiger partial charge in [-0.1, -0.05) is 50.0 Å². The maximum Gasteiger partial charge on any atom is 0.0994 e. The van der Waals surface area contributed by atoms with Crippen LogP contribution in [0.1, 0.15) is 67.0 Å². The maximum atomic E-state index is 10.1. The molecule has 2 heterocycles. The molecule has 0 spiro atoms. The van der Waals surface area contributed by atoms with Crippen LogP contribution in [-0.4, -0.2) is 42.2 Å². The van der Waals surface area contributed by atoms with Gasteiger partial charge < -0.3 is 19.7 Å². The van der Waals surface area contributed by atoms with E-state index in [9.17, 15) is 15.5 Å². The molecule has 5 heteroatoms. The van der Waals surface area contributed by atoms with Gasteiger partial charge in [0.25, 0.3) is 0 Å². The molecule has 0 aliphatic carbocycles. The average Bonchev–Trinajstić information content (AvgIpc) is 3.38. The summed E-state index contributed by atoms with van der Waals surface area (Å²) in [7, 11) is 0. The molecule has 2 fully saturated rings. The smallest absolute Gasteiger partial charge is 0.0994 e. The molecule has 4 atom stereocenters. The van der Waals surface area contributed by atoms with Crippen LogP contribution in [0.25, 0.3) is 0 Å². The SMILES string of the molecule is CC.N#Cc1ccc([C@H]2C[C@@H](O)C[C@@H](CO)O2)cc1Cc1ccc(C#C[C@@H]2CCOC2)cc1. The second-order valence-corrected chi connectivity index (χ2v) is 8.29. The molecule has 0 bridgehead atoms. The van der Waals surface area contributed by atoms with Crippen LogP contribution < -0.4 is 0 Å². The summed E-state index contributed by atoms with van der Waals surface area (Å²) in [6.45, 7) is 5.41. The van der Waals surface area contributed by atoms with Crippen LogP contribution >= 0.6 is 0 Å². The van der Waals surface area contributed by atoms with Gasteiger partial charge in [-0.15, -0.1) is 0 Å². The zero-order valence-corrected chi connectivity index (χ0v) is 19.5. The Balaban J connectivity index is 0.00000149. The highest BCUT2D eigenvalue weighted by atomic mass is 16.5. The Labute approximate surface area is 197 Å². The summed E-state index contributed by atoms with van der Waals surface area (Å²) in [6.07, 6.45) is 1.40. The number of aliphatic hydroxyl groups is 2. The summed E-state index contributed by atoms with van der Waals surface area (Å²) >= 11 is 0. The number of nitriles is 1. The normalized spacial score (nSPS) is 24.1. The van der Waals surface area contributed by atoms with E-state index in [1.54, 1.807) is 0 Å². The number of hydrogen-bond donors (Lipinski definition) is 2. The molecule has 2 aliphatic heterocycles. The number of aliphatic hydroxyl groups excluding tert-OH is 2. The van der Waals surface area contributed by atoms with Crippen LogP contribution in [0.2, 0.25) is 0 Å². The molecule has 2 aromatic carbocycles. The van der Waals surface area contributed by atoms with Gasteiger partial charge in [0.1, 0.15) is 0 Å². The van der Waals surface area contributed by atoms with Crippen LogP contribution in [0.4, 0.5) is 0 Å². The molecule has 2 aromatic rings. The van der Waals surface area contributed by atoms with Gasteiger partial charge in [0.05, 0.1) is 43.2 Å². The van der Waals surface area contributed by atoms with E-state index in [0.717, 1.165) is 41.9 Å². The van der Waals surface area contributed by atoms with Gasteiger partial charge in [0.15, 0.2) is 0 Å². The Hall–Kier alpha value is -2.67. The highest BCUT2D eigenvalue weighted by Crippen LogP contribution is 2.32. The Morgan fingerprint density at radius 3 is 2.55 bits per heavy atom. The fraction of sp³-hybridized carbons (Fsp3) is 0.464. The number of nitrogens with zero attached hydrogens (tertiary/aromatic N) is 1. The summed E-state index contributed by atoms with van der Waals surface area (Å²) in [4.78, 5) is 0. The zero-order valence-electron chi connectivity index (χ0n) is 19.5. The molecule has 4 rings (SSSR count). The largest absolute Gasteiger partial charge is 0.394 e. The second-order valence-electron chi connectivity index (χ2n) is 8.29. The Morgan fingerprint density at radius 1 is 1.09 bits per heavy atom. The lowest BCUT2D eigenvalue weighted by molar-refractivity contribution is -0.113. The molecule has 2 aliphatic rings. The molecule has 2 N–H and O–H groups in total. The Kier molecular flexibility index (Phi) is 9.48. The highest BCUT2D eigenvalue weighted by molar-refractivity contribution is 5.45. The fourth-order valence-corrected chi connectivity index (χ4v) is 4.15. The van der Waals surface area contributed by atoms with E-state index in [2.05, 4.69) is 17.9 Å². The van der Waals surface area contributed by atoms with Gasteiger partial charge >= 0.3 is 0 Å². The number of rotatable bonds is 4. The zero-order chi connectivity index (χ0) is 23.6. The number of ether oxygens (including phenoxy) is 2. The van der Waals surface area contributed by atoms with Crippen molar-refractivity contribution in [1.29, 1.82) is 5.26 Å². The number of hydrogen-bond acceptors (Lipinski definition) is 5. The molecule has 174 valence electrons. The summed E-state index contributed by atoms with van der Waals surface area (Å²) in [5.74, 6) is 6.82. The third-order valence-electron chi connectivity index (χ3n) is 5.90. The lowest BCUT2D eigenvalue weighted by Gasteiger charge is -2.32. The minimum Gasteiger partial charge on any atom is -0.394 e. The van der Waals surface area contributed by atoms with Gasteiger partial charge in [0, 0.05) is 30.9 Å². The van der Waals surface area contributed by atoms with Crippen molar-refractivity contribution in [3.05, 3.63) is 70.3 Å². The highest BCUT2D eigenvalue weighted by Gasteiger charge is 2.29. The van der Waals surface area contributed by atoms with E-state index >= 15 is 0 Å². The lowest BCUT2D eigenvalue weighted by Crippen LogP contribution is -2.33. The minimum absolute atomic E-state index is 0.111. The average molecular weight is 448 g/mol. The first-order valence-corrected chi connectivity index (χ1v) is 11.8. The Bertz CT molecular complexity index is 993. The summed E-state index contributed by atoms with van der Waals surface area (Å²) in [5.41, 5.74) is 4.55. The fourth-order valence-electron chi connectivity index (χ4n) is 4.15. The third-order valence-corrected chi connectivity index (χ3v) is 5.90. The minimum atomic E-state index is -0.501. The molecule has 0 amide bonds. The van der Waals surface area contributed by atoms with Crippen LogP contribution in [-0.2, 0) is 15.9 Å². The van der Waals surface area contributed by atoms with Crippen molar-refractivity contribution in [3.63, 3.8) is 0 Å². The first-order valence-electron chi connectivity index (χ1n) is 11.8. The maximum absolute atomic E-state index is 10.1. The van der Waals surface area contributed by atoms with Crippen molar-refractivity contribution in [3.8, 4) is 17.9 Å². The molecule has 0 aromatic heterocycles. The van der Waals surface area contributed by atoms with Crippen molar-refractivity contribution >= 4 is 0 Å². The standard InChI is InChI=1S/C26H27NO4.C2H6/c27-15-22-8-7-21(26-14-24(29)13-25(16-28)31-26)12-23(22)11-19-4-1-18(2-5-19)3-6-20-9-10-30-17-20;1-2/h1-2,4-5,7-8,12,20,24-26,28-29H,9-11,13-14,16-17H2;1-2H3/t20-,24+,25+,26-;/m1./s1. The van der Waals surface area contributed by atoms with Crippen molar-refractivity contribution < 1.29 is 19.7 Å². The van der Waals surface area contributed by atoms with Crippen molar-refractivity contribution in [2.45, 2.75) is 57.8 Å². The van der Waals surface area contributed by atoms with Crippen LogP contribution in [0, 0.1) is 29.1 Å². The predicted octanol–water partition coefficient (Wildman–Crippen LogP) is 4.14. The lowest BCUT2D eigenvalue weighted by atomic mass is 9.92. The predicted molar refractivity (Wildman–Crippen MR) is 127 cm³/mol. The van der Waals surface area contributed by atoms with Crippen molar-refractivity contribution in [2.24, 2.45) is 5.92 Å². The van der Waals surface area contributed by atoms with Gasteiger partial charge in [-0.2, -0.15) is 5.26 Å². The molecular formula is C28H33NO4. The van der Waals surface area contributed by atoms with Crippen LogP contribution in [0.5, 0.6) is 0 Å². The van der Waals surface area contributed by atoms with Crippen molar-refractivity contribution in [1.82, 2.24) is 0 Å². The molecule has 33 heavy (non-hydrogen) atoms. The van der Waals surface area contributed by atoms with E-state index in [4.69, 9.17) is 9.47 Å². The second kappa shape index (κ2) is 12.5. The first kappa shape index (κ1) is 25.0. The van der Waals surface area contributed by atoms with E-state index in [-0.39, 0.29) is 18.8 Å². The first-order chi connectivity index (χ1) is 16.1. The molecule has 0 unspecified atom stereocenters. The van der Waals surface area contributed by atoms with E-state index in [1.807, 2.05) is 56.3 Å². The number of benzene rings is 2. The summed E-state index contributed by atoms with van der Waals surface area (Å²) < 4.78 is 11.3.